The summed E-state index contributed by atoms with van der Waals surface area (Å²) < 4.78 is 0. The molecule has 4 nitrogen and oxygen atoms in total. The first-order chi connectivity index (χ1) is 9.10. The first-order valence-corrected chi connectivity index (χ1v) is 6.98. The number of nitrogens with two attached hydrogens (primary N) is 1. The SMILES string of the molecule is Cc1ccc(C(=O)NC2CCC(C)CC2)c(NN)c1. The fourth-order valence-corrected chi connectivity index (χ4v) is 2.64. The minimum Gasteiger partial charge on any atom is -0.349 e. The zero-order valence-corrected chi connectivity index (χ0v) is 11.7. The van der Waals surface area contributed by atoms with E-state index in [0.29, 0.717) is 17.3 Å². The number of rotatable bonds is 3. The molecule has 0 bridgehead atoms. The van der Waals surface area contributed by atoms with Crippen LogP contribution >= 0.6 is 0 Å². The molecule has 0 spiro atoms. The number of hydrogen-bond acceptors (Lipinski definition) is 3. The minimum atomic E-state index is -0.0347. The Kier molecular flexibility index (Phi) is 4.43. The smallest absolute Gasteiger partial charge is 0.253 e. The predicted molar refractivity (Wildman–Crippen MR) is 77.9 cm³/mol. The lowest BCUT2D eigenvalue weighted by Crippen LogP contribution is -2.37. The summed E-state index contributed by atoms with van der Waals surface area (Å²) in [6, 6.07) is 5.94. The Morgan fingerprint density at radius 3 is 2.58 bits per heavy atom. The van der Waals surface area contributed by atoms with Gasteiger partial charge in [-0.15, -0.1) is 0 Å². The van der Waals surface area contributed by atoms with Gasteiger partial charge in [0.05, 0.1) is 11.3 Å². The fourth-order valence-electron chi connectivity index (χ4n) is 2.64. The topological polar surface area (TPSA) is 67.2 Å². The predicted octanol–water partition coefficient (Wildman–Crippen LogP) is 2.59. The van der Waals surface area contributed by atoms with Crippen LogP contribution < -0.4 is 16.6 Å². The molecule has 4 N–H and O–H groups in total. The highest BCUT2D eigenvalue weighted by Crippen LogP contribution is 2.24. The number of nitrogen functional groups attached to an aromatic ring is 1. The molecule has 0 radical (unpaired) electrons. The normalized spacial score (nSPS) is 22.9. The van der Waals surface area contributed by atoms with Crippen molar-refractivity contribution in [2.75, 3.05) is 5.43 Å². The summed E-state index contributed by atoms with van der Waals surface area (Å²) in [6.45, 7) is 4.25. The van der Waals surface area contributed by atoms with Crippen molar-refractivity contribution < 1.29 is 4.79 Å². The van der Waals surface area contributed by atoms with Gasteiger partial charge in [0.15, 0.2) is 0 Å². The molecule has 1 aliphatic carbocycles. The maximum atomic E-state index is 12.3. The van der Waals surface area contributed by atoms with Gasteiger partial charge in [-0.1, -0.05) is 13.0 Å². The lowest BCUT2D eigenvalue weighted by molar-refractivity contribution is 0.0924. The Bertz CT molecular complexity index is 451. The zero-order chi connectivity index (χ0) is 13.8. The van der Waals surface area contributed by atoms with Crippen LogP contribution in [0.25, 0.3) is 0 Å². The molecule has 1 aromatic rings. The molecular weight excluding hydrogens is 238 g/mol. The van der Waals surface area contributed by atoms with E-state index in [1.54, 1.807) is 0 Å². The second-order valence-corrected chi connectivity index (χ2v) is 5.62. The number of carbonyl (C=O) groups is 1. The van der Waals surface area contributed by atoms with Crippen molar-refractivity contribution in [3.05, 3.63) is 29.3 Å². The van der Waals surface area contributed by atoms with Gasteiger partial charge in [-0.3, -0.25) is 10.6 Å². The fraction of sp³-hybridized carbons (Fsp3) is 0.533. The van der Waals surface area contributed by atoms with Crippen LogP contribution in [-0.4, -0.2) is 11.9 Å². The van der Waals surface area contributed by atoms with Crippen LogP contribution in [0.15, 0.2) is 18.2 Å². The van der Waals surface area contributed by atoms with Gasteiger partial charge < -0.3 is 10.7 Å². The number of anilines is 1. The number of aryl methyl sites for hydroxylation is 1. The van der Waals surface area contributed by atoms with E-state index in [4.69, 9.17) is 5.84 Å². The average molecular weight is 261 g/mol. The second-order valence-electron chi connectivity index (χ2n) is 5.62. The average Bonchev–Trinajstić information content (AvgIpc) is 2.41. The molecule has 1 aromatic carbocycles. The summed E-state index contributed by atoms with van der Waals surface area (Å²) in [5.74, 6) is 6.23. The first kappa shape index (κ1) is 13.9. The molecule has 0 saturated heterocycles. The Morgan fingerprint density at radius 2 is 1.95 bits per heavy atom. The quantitative estimate of drug-likeness (QED) is 0.578. The van der Waals surface area contributed by atoms with Crippen molar-refractivity contribution in [2.45, 2.75) is 45.6 Å². The summed E-state index contributed by atoms with van der Waals surface area (Å²) >= 11 is 0. The van der Waals surface area contributed by atoms with Gasteiger partial charge in [-0.05, 0) is 56.2 Å². The molecule has 0 aliphatic heterocycles. The molecule has 2 rings (SSSR count). The van der Waals surface area contributed by atoms with Crippen molar-refractivity contribution in [3.63, 3.8) is 0 Å². The first-order valence-electron chi connectivity index (χ1n) is 6.98. The molecule has 104 valence electrons. The van der Waals surface area contributed by atoms with Gasteiger partial charge in [0.25, 0.3) is 5.91 Å². The number of hydrogen-bond donors (Lipinski definition) is 3. The van der Waals surface area contributed by atoms with Crippen LogP contribution in [-0.2, 0) is 0 Å². The zero-order valence-electron chi connectivity index (χ0n) is 11.7. The van der Waals surface area contributed by atoms with E-state index in [-0.39, 0.29) is 5.91 Å². The number of nitrogens with one attached hydrogen (secondary N) is 2. The lowest BCUT2D eigenvalue weighted by Gasteiger charge is -2.27. The van der Waals surface area contributed by atoms with Gasteiger partial charge in [0.2, 0.25) is 0 Å². The third-order valence-corrected chi connectivity index (χ3v) is 3.93. The minimum absolute atomic E-state index is 0.0347. The van der Waals surface area contributed by atoms with E-state index < -0.39 is 0 Å². The van der Waals surface area contributed by atoms with Crippen LogP contribution in [0.5, 0.6) is 0 Å². The molecule has 0 unspecified atom stereocenters. The molecule has 0 atom stereocenters. The molecule has 1 amide bonds. The van der Waals surface area contributed by atoms with E-state index in [9.17, 15) is 4.79 Å². The van der Waals surface area contributed by atoms with Crippen LogP contribution in [0.2, 0.25) is 0 Å². The van der Waals surface area contributed by atoms with Crippen molar-refractivity contribution >= 4 is 11.6 Å². The number of amides is 1. The lowest BCUT2D eigenvalue weighted by atomic mass is 9.87. The molecule has 4 heteroatoms. The number of hydrazine groups is 1. The summed E-state index contributed by atoms with van der Waals surface area (Å²) in [6.07, 6.45) is 4.54. The van der Waals surface area contributed by atoms with Crippen LogP contribution in [0.4, 0.5) is 5.69 Å². The van der Waals surface area contributed by atoms with Crippen LogP contribution in [0, 0.1) is 12.8 Å². The standard InChI is InChI=1S/C15H23N3O/c1-10-3-6-12(7-4-10)17-15(19)13-8-5-11(2)9-14(13)18-16/h5,8-10,12,18H,3-4,6-7,16H2,1-2H3,(H,17,19). The maximum absolute atomic E-state index is 12.3. The van der Waals surface area contributed by atoms with E-state index in [0.717, 1.165) is 24.3 Å². The van der Waals surface area contributed by atoms with Gasteiger partial charge in [0, 0.05) is 6.04 Å². The van der Waals surface area contributed by atoms with Gasteiger partial charge >= 0.3 is 0 Å². The monoisotopic (exact) mass is 261 g/mol. The van der Waals surface area contributed by atoms with Crippen molar-refractivity contribution in [2.24, 2.45) is 11.8 Å². The second kappa shape index (κ2) is 6.06. The molecule has 1 saturated carbocycles. The van der Waals surface area contributed by atoms with Crippen molar-refractivity contribution in [1.29, 1.82) is 0 Å². The summed E-state index contributed by atoms with van der Waals surface area (Å²) in [7, 11) is 0. The Balaban J connectivity index is 2.03. The van der Waals surface area contributed by atoms with Crippen LogP contribution in [0.3, 0.4) is 0 Å². The number of benzene rings is 1. The molecule has 1 fully saturated rings. The third kappa shape index (κ3) is 3.47. The summed E-state index contributed by atoms with van der Waals surface area (Å²) in [4.78, 5) is 12.3. The maximum Gasteiger partial charge on any atom is 0.253 e. The molecule has 0 aromatic heterocycles. The Morgan fingerprint density at radius 1 is 1.26 bits per heavy atom. The summed E-state index contributed by atoms with van der Waals surface area (Å²) in [5.41, 5.74) is 4.98. The highest BCUT2D eigenvalue weighted by molar-refractivity contribution is 5.99. The molecular formula is C15H23N3O. The largest absolute Gasteiger partial charge is 0.349 e. The van der Waals surface area contributed by atoms with E-state index in [1.165, 1.54) is 12.8 Å². The number of carbonyl (C=O) groups excluding carboxylic acids is 1. The molecule has 1 aliphatic rings. The van der Waals surface area contributed by atoms with Gasteiger partial charge in [0.1, 0.15) is 0 Å². The third-order valence-electron chi connectivity index (χ3n) is 3.93. The Labute approximate surface area is 114 Å². The molecule has 0 heterocycles. The van der Waals surface area contributed by atoms with E-state index >= 15 is 0 Å². The van der Waals surface area contributed by atoms with Crippen molar-refractivity contribution in [1.82, 2.24) is 5.32 Å². The van der Waals surface area contributed by atoms with Gasteiger partial charge in [-0.2, -0.15) is 0 Å². The van der Waals surface area contributed by atoms with Crippen molar-refractivity contribution in [3.8, 4) is 0 Å². The van der Waals surface area contributed by atoms with E-state index in [2.05, 4.69) is 17.7 Å². The Hall–Kier alpha value is -1.55. The molecule has 19 heavy (non-hydrogen) atoms. The van der Waals surface area contributed by atoms with Gasteiger partial charge in [-0.25, -0.2) is 0 Å². The highest BCUT2D eigenvalue weighted by Gasteiger charge is 2.21. The van der Waals surface area contributed by atoms with E-state index in [1.807, 2.05) is 25.1 Å². The summed E-state index contributed by atoms with van der Waals surface area (Å²) in [5, 5.41) is 3.12. The van der Waals surface area contributed by atoms with Crippen LogP contribution in [0.1, 0.15) is 48.5 Å². The highest BCUT2D eigenvalue weighted by atomic mass is 16.1.